The van der Waals surface area contributed by atoms with Crippen molar-refractivity contribution in [3.63, 3.8) is 0 Å². The molecule has 0 bridgehead atoms. The fourth-order valence-electron chi connectivity index (χ4n) is 2.33. The minimum Gasteiger partial charge on any atom is -0.497 e. The number of nitrogens with one attached hydrogen (secondary N) is 1. The maximum atomic E-state index is 12.5. The molecule has 3 aromatic rings. The molecule has 0 spiro atoms. The van der Waals surface area contributed by atoms with Crippen LogP contribution in [-0.2, 0) is 4.74 Å². The molecule has 0 fully saturated rings. The number of aromatic nitrogens is 1. The molecule has 0 saturated carbocycles. The number of halogens is 2. The van der Waals surface area contributed by atoms with E-state index in [0.717, 1.165) is 0 Å². The van der Waals surface area contributed by atoms with Crippen molar-refractivity contribution in [3.8, 4) is 5.75 Å². The topological polar surface area (TPSA) is 68.4 Å². The van der Waals surface area contributed by atoms with Crippen LogP contribution < -0.4 is 10.2 Å². The number of carbonyl (C=O) groups is 1. The molecule has 3 rings (SSSR count). The maximum Gasteiger partial charge on any atom is 0.345 e. The molecule has 1 N–H and O–H groups in total. The highest BCUT2D eigenvalue weighted by molar-refractivity contribution is 6.31. The van der Waals surface area contributed by atoms with Gasteiger partial charge in [0.1, 0.15) is 11.3 Å². The highest BCUT2D eigenvalue weighted by Gasteiger charge is 2.19. The Morgan fingerprint density at radius 1 is 1.16 bits per heavy atom. The van der Waals surface area contributed by atoms with Gasteiger partial charge in [0.05, 0.1) is 12.6 Å². The molecule has 1 heterocycles. The maximum absolute atomic E-state index is 12.5. The lowest BCUT2D eigenvalue weighted by Gasteiger charge is -2.12. The van der Waals surface area contributed by atoms with Gasteiger partial charge in [-0.25, -0.2) is 4.79 Å². The lowest BCUT2D eigenvalue weighted by Crippen LogP contribution is -2.19. The first-order valence-electron chi connectivity index (χ1n) is 7.29. The van der Waals surface area contributed by atoms with Gasteiger partial charge in [-0.1, -0.05) is 35.3 Å². The van der Waals surface area contributed by atoms with Crippen LogP contribution in [0, 0.1) is 0 Å². The second-order valence-corrected chi connectivity index (χ2v) is 6.05. The van der Waals surface area contributed by atoms with Gasteiger partial charge < -0.3 is 14.5 Å². The summed E-state index contributed by atoms with van der Waals surface area (Å²) in [5, 5.41) is 0.827. The van der Waals surface area contributed by atoms with E-state index >= 15 is 0 Å². The highest BCUT2D eigenvalue weighted by atomic mass is 35.5. The number of esters is 1. The van der Waals surface area contributed by atoms with Crippen LogP contribution >= 0.6 is 23.2 Å². The molecule has 0 aliphatic heterocycles. The molecule has 0 saturated heterocycles. The van der Waals surface area contributed by atoms with Crippen molar-refractivity contribution in [2.45, 2.75) is 5.56 Å². The average molecular weight is 378 g/mol. The van der Waals surface area contributed by atoms with Gasteiger partial charge in [-0.2, -0.15) is 0 Å². The number of carbonyl (C=O) groups excluding carboxylic acids is 1. The minimum atomic E-state index is -1.03. The van der Waals surface area contributed by atoms with E-state index in [4.69, 9.17) is 32.7 Å². The summed E-state index contributed by atoms with van der Waals surface area (Å²) in [7, 11) is 1.55. The SMILES string of the molecule is COc1ccc(C(Cl)OC(=O)c2c[nH]c3cc(Cl)ccc3c2=O)cc1. The zero-order chi connectivity index (χ0) is 18.0. The molecule has 1 aromatic heterocycles. The number of hydrogen-bond acceptors (Lipinski definition) is 4. The zero-order valence-electron chi connectivity index (χ0n) is 13.1. The number of fused-ring (bicyclic) bond motifs is 1. The molecule has 128 valence electrons. The van der Waals surface area contributed by atoms with Crippen LogP contribution in [0.5, 0.6) is 5.75 Å². The van der Waals surface area contributed by atoms with E-state index in [-0.39, 0.29) is 5.56 Å². The molecule has 1 unspecified atom stereocenters. The van der Waals surface area contributed by atoms with Gasteiger partial charge in [0.15, 0.2) is 0 Å². The van der Waals surface area contributed by atoms with E-state index in [1.165, 1.54) is 6.20 Å². The average Bonchev–Trinajstić information content (AvgIpc) is 2.61. The fraction of sp³-hybridized carbons (Fsp3) is 0.111. The van der Waals surface area contributed by atoms with Crippen molar-refractivity contribution in [2.24, 2.45) is 0 Å². The number of pyridine rings is 1. The molecule has 1 atom stereocenters. The Kier molecular flexibility index (Phi) is 4.97. The Hall–Kier alpha value is -2.50. The van der Waals surface area contributed by atoms with E-state index in [0.29, 0.717) is 27.2 Å². The van der Waals surface area contributed by atoms with Gasteiger partial charge in [-0.3, -0.25) is 4.79 Å². The summed E-state index contributed by atoms with van der Waals surface area (Å²) < 4.78 is 10.2. The van der Waals surface area contributed by atoms with E-state index in [2.05, 4.69) is 4.98 Å². The monoisotopic (exact) mass is 377 g/mol. The van der Waals surface area contributed by atoms with E-state index < -0.39 is 17.0 Å². The van der Waals surface area contributed by atoms with Crippen molar-refractivity contribution < 1.29 is 14.3 Å². The third-order valence-electron chi connectivity index (χ3n) is 3.65. The standard InChI is InChI=1S/C18H13Cl2NO4/c1-24-12-5-2-10(3-6-12)17(20)25-18(23)14-9-21-15-8-11(19)4-7-13(15)16(14)22/h2-9,17H,1H3,(H,21,22). The molecular weight excluding hydrogens is 365 g/mol. The summed E-state index contributed by atoms with van der Waals surface area (Å²) in [6.07, 6.45) is 1.29. The van der Waals surface area contributed by atoms with E-state index in [9.17, 15) is 9.59 Å². The first-order chi connectivity index (χ1) is 12.0. The number of benzene rings is 2. The molecule has 0 radical (unpaired) electrons. The largest absolute Gasteiger partial charge is 0.497 e. The molecule has 5 nitrogen and oxygen atoms in total. The van der Waals surface area contributed by atoms with Crippen LogP contribution in [0.3, 0.4) is 0 Å². The third-order valence-corrected chi connectivity index (χ3v) is 4.23. The lowest BCUT2D eigenvalue weighted by molar-refractivity contribution is 0.0444. The van der Waals surface area contributed by atoms with Crippen LogP contribution in [0.25, 0.3) is 10.9 Å². The molecule has 2 aromatic carbocycles. The van der Waals surface area contributed by atoms with Crippen LogP contribution in [0.4, 0.5) is 0 Å². The van der Waals surface area contributed by atoms with Crippen molar-refractivity contribution in [2.75, 3.05) is 7.11 Å². The Bertz CT molecular complexity index is 983. The van der Waals surface area contributed by atoms with Gasteiger partial charge in [-0.05, 0) is 30.3 Å². The number of rotatable bonds is 4. The Morgan fingerprint density at radius 2 is 1.88 bits per heavy atom. The predicted octanol–water partition coefficient (Wildman–Crippen LogP) is 4.28. The normalized spacial score (nSPS) is 12.0. The summed E-state index contributed by atoms with van der Waals surface area (Å²) >= 11 is 12.0. The van der Waals surface area contributed by atoms with Crippen molar-refractivity contribution >= 4 is 40.1 Å². The summed E-state index contributed by atoms with van der Waals surface area (Å²) in [6, 6.07) is 11.5. The lowest BCUT2D eigenvalue weighted by atomic mass is 10.1. The molecule has 7 heteroatoms. The van der Waals surface area contributed by atoms with E-state index in [1.54, 1.807) is 49.6 Å². The van der Waals surface area contributed by atoms with Gasteiger partial charge >= 0.3 is 5.97 Å². The zero-order valence-corrected chi connectivity index (χ0v) is 14.6. The smallest absolute Gasteiger partial charge is 0.345 e. The Balaban J connectivity index is 1.85. The quantitative estimate of drug-likeness (QED) is 0.544. The van der Waals surface area contributed by atoms with E-state index in [1.807, 2.05) is 0 Å². The number of hydrogen-bond donors (Lipinski definition) is 1. The molecule has 0 aliphatic rings. The number of alkyl halides is 1. The van der Waals surface area contributed by atoms with Gasteiger partial charge in [0.25, 0.3) is 0 Å². The van der Waals surface area contributed by atoms with Gasteiger partial charge in [0.2, 0.25) is 11.0 Å². The van der Waals surface area contributed by atoms with Crippen LogP contribution in [-0.4, -0.2) is 18.1 Å². The minimum absolute atomic E-state index is 0.131. The van der Waals surface area contributed by atoms with Crippen molar-refractivity contribution in [3.05, 3.63) is 75.0 Å². The Morgan fingerprint density at radius 3 is 2.56 bits per heavy atom. The van der Waals surface area contributed by atoms with Crippen LogP contribution in [0.2, 0.25) is 5.02 Å². The number of ether oxygens (including phenoxy) is 2. The molecule has 25 heavy (non-hydrogen) atoms. The molecule has 0 amide bonds. The first kappa shape index (κ1) is 17.3. The second-order valence-electron chi connectivity index (χ2n) is 5.22. The van der Waals surface area contributed by atoms with Crippen molar-refractivity contribution in [1.29, 1.82) is 0 Å². The predicted molar refractivity (Wildman–Crippen MR) is 96.6 cm³/mol. The first-order valence-corrected chi connectivity index (χ1v) is 8.11. The third kappa shape index (κ3) is 3.62. The van der Waals surface area contributed by atoms with Gasteiger partial charge in [-0.15, -0.1) is 0 Å². The van der Waals surface area contributed by atoms with Crippen LogP contribution in [0.15, 0.2) is 53.5 Å². The molecule has 0 aliphatic carbocycles. The summed E-state index contributed by atoms with van der Waals surface area (Å²) in [5.41, 5.74) is -0.506. The summed E-state index contributed by atoms with van der Waals surface area (Å²) in [4.78, 5) is 27.6. The summed E-state index contributed by atoms with van der Waals surface area (Å²) in [6.45, 7) is 0. The molecular formula is C18H13Cl2NO4. The summed E-state index contributed by atoms with van der Waals surface area (Å²) in [5.74, 6) is -0.155. The Labute approximate surface area is 153 Å². The number of methoxy groups -OCH3 is 1. The van der Waals surface area contributed by atoms with Gasteiger partial charge in [0, 0.05) is 22.2 Å². The highest BCUT2D eigenvalue weighted by Crippen LogP contribution is 2.25. The van der Waals surface area contributed by atoms with Crippen molar-refractivity contribution in [1.82, 2.24) is 4.98 Å². The number of aromatic amines is 1. The fourth-order valence-corrected chi connectivity index (χ4v) is 2.73. The van der Waals surface area contributed by atoms with Crippen LogP contribution in [0.1, 0.15) is 21.5 Å². The second kappa shape index (κ2) is 7.17. The number of H-pyrrole nitrogens is 1.